The van der Waals surface area contributed by atoms with E-state index in [1.54, 1.807) is 6.08 Å². The third-order valence-corrected chi connectivity index (χ3v) is 22.0. The molecule has 0 aromatic carbocycles. The number of aliphatic hydroxyl groups is 2. The second kappa shape index (κ2) is 88.7. The fourth-order valence-electron chi connectivity index (χ4n) is 15.0. The molecule has 99 heavy (non-hydrogen) atoms. The molecule has 588 valence electrons. The first kappa shape index (κ1) is 97.3. The summed E-state index contributed by atoms with van der Waals surface area (Å²) in [5.74, 6) is -0.0290. The second-order valence-corrected chi connectivity index (χ2v) is 32.0. The highest BCUT2D eigenvalue weighted by Gasteiger charge is 2.18. The van der Waals surface area contributed by atoms with Crippen LogP contribution in [-0.4, -0.2) is 47.4 Å². The summed E-state index contributed by atoms with van der Waals surface area (Å²) in [6.07, 6.45) is 117. The molecule has 0 aliphatic rings. The van der Waals surface area contributed by atoms with Gasteiger partial charge in [0.2, 0.25) is 5.91 Å². The number of hydrogen-bond acceptors (Lipinski definition) is 5. The zero-order valence-corrected chi connectivity index (χ0v) is 67.8. The first-order valence-corrected chi connectivity index (χ1v) is 46.1. The van der Waals surface area contributed by atoms with Crippen molar-refractivity contribution in [2.75, 3.05) is 13.2 Å². The van der Waals surface area contributed by atoms with E-state index in [1.165, 1.54) is 469 Å². The average molecular weight is 1390 g/mol. The Kier molecular flexibility index (Phi) is 87.2. The second-order valence-electron chi connectivity index (χ2n) is 32.0. The van der Waals surface area contributed by atoms with Crippen LogP contribution in [0.4, 0.5) is 0 Å². The normalized spacial score (nSPS) is 12.5. The van der Waals surface area contributed by atoms with Crippen molar-refractivity contribution in [1.29, 1.82) is 0 Å². The van der Waals surface area contributed by atoms with E-state index in [2.05, 4.69) is 31.3 Å². The molecule has 0 aromatic rings. The van der Waals surface area contributed by atoms with Crippen LogP contribution in [0.15, 0.2) is 24.3 Å². The van der Waals surface area contributed by atoms with Crippen LogP contribution in [0.25, 0.3) is 0 Å². The van der Waals surface area contributed by atoms with Gasteiger partial charge in [0.15, 0.2) is 0 Å². The van der Waals surface area contributed by atoms with Gasteiger partial charge in [-0.15, -0.1) is 0 Å². The number of hydrogen-bond donors (Lipinski definition) is 3. The topological polar surface area (TPSA) is 95.9 Å². The van der Waals surface area contributed by atoms with Gasteiger partial charge in [0.25, 0.3) is 0 Å². The fraction of sp³-hybridized carbons (Fsp3) is 0.935. The molecule has 0 heterocycles. The van der Waals surface area contributed by atoms with Crippen molar-refractivity contribution in [1.82, 2.24) is 5.32 Å². The van der Waals surface area contributed by atoms with Gasteiger partial charge < -0.3 is 20.3 Å². The quantitative estimate of drug-likeness (QED) is 0.0320. The predicted octanol–water partition coefficient (Wildman–Crippen LogP) is 31.1. The van der Waals surface area contributed by atoms with Gasteiger partial charge in [-0.1, -0.05) is 488 Å². The number of unbranched alkanes of at least 4 members (excludes halogenated alkanes) is 75. The molecule has 2 unspecified atom stereocenters. The standard InChI is InChI=1S/C93H181NO5/c1-3-5-7-9-11-13-15-17-19-21-23-24-25-43-46-50-53-57-61-65-69-73-77-81-85-91(96)90(89-95)94-92(97)86-82-78-74-70-66-62-58-54-51-47-44-41-39-37-35-33-31-29-27-26-28-30-32-34-36-38-40-42-45-48-52-56-60-64-68-72-76-80-84-88-99-93(98)87-83-79-75-71-67-63-59-55-49-22-20-18-16-14-12-10-8-6-4-2/h26-27,81,85,90-91,95-96H,3-25,28-80,82-84,86-89H2,1-2H3,(H,94,97)/b27-26-,85-81+. The lowest BCUT2D eigenvalue weighted by Gasteiger charge is -2.20. The monoisotopic (exact) mass is 1390 g/mol. The molecule has 0 fully saturated rings. The molecule has 0 rings (SSSR count). The number of ether oxygens (including phenoxy) is 1. The van der Waals surface area contributed by atoms with Gasteiger partial charge in [-0.2, -0.15) is 0 Å². The summed E-state index contributed by atoms with van der Waals surface area (Å²) in [4.78, 5) is 24.7. The lowest BCUT2D eigenvalue weighted by molar-refractivity contribution is -0.143. The lowest BCUT2D eigenvalue weighted by atomic mass is 10.0. The Morgan fingerprint density at radius 1 is 0.273 bits per heavy atom. The van der Waals surface area contributed by atoms with Crippen LogP contribution in [0, 0.1) is 0 Å². The van der Waals surface area contributed by atoms with E-state index in [-0.39, 0.29) is 18.5 Å². The van der Waals surface area contributed by atoms with Crippen molar-refractivity contribution in [2.45, 2.75) is 546 Å². The Bertz CT molecular complexity index is 1560. The van der Waals surface area contributed by atoms with E-state index in [9.17, 15) is 19.8 Å². The number of rotatable bonds is 88. The Labute approximate surface area is 622 Å². The maximum Gasteiger partial charge on any atom is 0.305 e. The van der Waals surface area contributed by atoms with Gasteiger partial charge in [0.05, 0.1) is 25.4 Å². The third-order valence-electron chi connectivity index (χ3n) is 22.0. The SMILES string of the molecule is CCCCCCCCCCCCCCCCCCCCCCCC/C=C/C(O)C(CO)NC(=O)CCCCCCCCCCCCCCCCCCC/C=C\CCCCCCCCCCCCCCCCCCCCOC(=O)CCCCCCCCCCCCCCCCCCCCC. The van der Waals surface area contributed by atoms with Gasteiger partial charge in [-0.3, -0.25) is 9.59 Å². The minimum Gasteiger partial charge on any atom is -0.466 e. The molecule has 2 atom stereocenters. The fourth-order valence-corrected chi connectivity index (χ4v) is 15.0. The third kappa shape index (κ3) is 85.2. The molecule has 6 heteroatoms. The highest BCUT2D eigenvalue weighted by molar-refractivity contribution is 5.76. The number of nitrogens with one attached hydrogen (secondary N) is 1. The molecule has 3 N–H and O–H groups in total. The molecule has 0 bridgehead atoms. The zero-order chi connectivity index (χ0) is 71.2. The van der Waals surface area contributed by atoms with Crippen LogP contribution >= 0.6 is 0 Å². The summed E-state index contributed by atoms with van der Waals surface area (Å²) in [6.45, 7) is 4.98. The van der Waals surface area contributed by atoms with Crippen molar-refractivity contribution in [3.8, 4) is 0 Å². The van der Waals surface area contributed by atoms with Gasteiger partial charge >= 0.3 is 5.97 Å². The van der Waals surface area contributed by atoms with Gasteiger partial charge in [0, 0.05) is 12.8 Å². The summed E-state index contributed by atoms with van der Waals surface area (Å²) >= 11 is 0. The van der Waals surface area contributed by atoms with Crippen molar-refractivity contribution in [2.24, 2.45) is 0 Å². The number of esters is 1. The van der Waals surface area contributed by atoms with Gasteiger partial charge in [-0.05, 0) is 57.8 Å². The molecule has 0 aliphatic heterocycles. The molecule has 1 amide bonds. The van der Waals surface area contributed by atoms with Crippen molar-refractivity contribution in [3.63, 3.8) is 0 Å². The van der Waals surface area contributed by atoms with Crippen LogP contribution in [0.2, 0.25) is 0 Å². The lowest BCUT2D eigenvalue weighted by Crippen LogP contribution is -2.45. The molecule has 0 saturated heterocycles. The summed E-state index contributed by atoms with van der Waals surface area (Å²) in [7, 11) is 0. The number of carbonyl (C=O) groups is 2. The van der Waals surface area contributed by atoms with E-state index in [4.69, 9.17) is 4.74 Å². The van der Waals surface area contributed by atoms with Crippen molar-refractivity contribution >= 4 is 11.9 Å². The molecule has 0 spiro atoms. The summed E-state index contributed by atoms with van der Waals surface area (Å²) in [5, 5.41) is 23.3. The molecule has 0 saturated carbocycles. The summed E-state index contributed by atoms with van der Waals surface area (Å²) < 4.78 is 5.53. The Morgan fingerprint density at radius 2 is 0.475 bits per heavy atom. The van der Waals surface area contributed by atoms with E-state index in [0.29, 0.717) is 19.4 Å². The minimum absolute atomic E-state index is 0.0285. The highest BCUT2D eigenvalue weighted by Crippen LogP contribution is 2.21. The first-order chi connectivity index (χ1) is 49.0. The van der Waals surface area contributed by atoms with Crippen molar-refractivity contribution in [3.05, 3.63) is 24.3 Å². The smallest absolute Gasteiger partial charge is 0.305 e. The van der Waals surface area contributed by atoms with Crippen molar-refractivity contribution < 1.29 is 24.5 Å². The van der Waals surface area contributed by atoms with Crippen LogP contribution in [0.3, 0.4) is 0 Å². The molecular weight excluding hydrogens is 1210 g/mol. The number of carbonyl (C=O) groups excluding carboxylic acids is 2. The van der Waals surface area contributed by atoms with Crippen LogP contribution in [-0.2, 0) is 14.3 Å². The largest absolute Gasteiger partial charge is 0.466 e. The molecule has 0 aromatic heterocycles. The van der Waals surface area contributed by atoms with Crippen LogP contribution in [0.5, 0.6) is 0 Å². The number of aliphatic hydroxyl groups excluding tert-OH is 2. The van der Waals surface area contributed by atoms with Crippen LogP contribution < -0.4 is 5.32 Å². The number of allylic oxidation sites excluding steroid dienone is 3. The molecule has 0 aliphatic carbocycles. The zero-order valence-electron chi connectivity index (χ0n) is 67.8. The highest BCUT2D eigenvalue weighted by atomic mass is 16.5. The van der Waals surface area contributed by atoms with E-state index in [1.807, 2.05) is 6.08 Å². The Morgan fingerprint density at radius 3 is 0.717 bits per heavy atom. The van der Waals surface area contributed by atoms with E-state index < -0.39 is 12.1 Å². The minimum atomic E-state index is -0.843. The van der Waals surface area contributed by atoms with Gasteiger partial charge in [0.1, 0.15) is 0 Å². The average Bonchev–Trinajstić information content (AvgIpc) is 2.39. The Balaban J connectivity index is 3.33. The maximum atomic E-state index is 12.6. The van der Waals surface area contributed by atoms with Gasteiger partial charge in [-0.25, -0.2) is 0 Å². The number of amides is 1. The first-order valence-electron chi connectivity index (χ1n) is 46.1. The summed E-state index contributed by atoms with van der Waals surface area (Å²) in [5.41, 5.74) is 0. The van der Waals surface area contributed by atoms with Crippen LogP contribution in [0.1, 0.15) is 534 Å². The maximum absolute atomic E-state index is 12.6. The predicted molar refractivity (Wildman–Crippen MR) is 440 cm³/mol. The molecular formula is C93H181NO5. The molecule has 6 nitrogen and oxygen atoms in total. The molecule has 0 radical (unpaired) electrons. The Hall–Kier alpha value is -1.66. The summed E-state index contributed by atoms with van der Waals surface area (Å²) in [6, 6.07) is -0.626. The van der Waals surface area contributed by atoms with E-state index in [0.717, 1.165) is 38.5 Å². The van der Waals surface area contributed by atoms with E-state index >= 15 is 0 Å².